The van der Waals surface area contributed by atoms with Gasteiger partial charge in [0.2, 0.25) is 0 Å². The minimum atomic E-state index is -1.000. The molecule has 8 heteroatoms. The molecule has 25 heavy (non-hydrogen) atoms. The SMILES string of the molecule is CC(=O)Oc1ccc(/C=C/C=N[C@@H](CCCN=C(N)N)C(=O)O)cc1. The fraction of sp³-hybridized carbons (Fsp3) is 0.294. The fourth-order valence-electron chi connectivity index (χ4n) is 1.88. The Bertz CT molecular complexity index is 662. The topological polar surface area (TPSA) is 140 Å². The van der Waals surface area contributed by atoms with Crippen LogP contribution in [0.15, 0.2) is 40.3 Å². The van der Waals surface area contributed by atoms with E-state index >= 15 is 0 Å². The fourth-order valence-corrected chi connectivity index (χ4v) is 1.88. The molecule has 0 aromatic heterocycles. The van der Waals surface area contributed by atoms with Crippen molar-refractivity contribution >= 4 is 30.2 Å². The van der Waals surface area contributed by atoms with Gasteiger partial charge in [-0.3, -0.25) is 14.8 Å². The average Bonchev–Trinajstić information content (AvgIpc) is 2.53. The first-order valence-electron chi connectivity index (χ1n) is 7.65. The first kappa shape index (κ1) is 19.9. The predicted octanol–water partition coefficient (Wildman–Crippen LogP) is 1.20. The zero-order valence-corrected chi connectivity index (χ0v) is 14.0. The standard InChI is InChI=1S/C17H22N4O4/c1-12(22)25-14-8-6-13(7-9-14)4-2-10-20-15(16(23)24)5-3-11-21-17(18)19/h2,4,6-10,15H,3,5,11H2,1H3,(H,23,24)(H4,18,19,21)/b4-2+,20-10?/t15-/m0/s1. The van der Waals surface area contributed by atoms with E-state index in [-0.39, 0.29) is 11.9 Å². The number of nitrogens with zero attached hydrogens (tertiary/aromatic N) is 2. The molecule has 5 N–H and O–H groups in total. The van der Waals surface area contributed by atoms with E-state index < -0.39 is 12.0 Å². The summed E-state index contributed by atoms with van der Waals surface area (Å²) < 4.78 is 4.93. The Morgan fingerprint density at radius 2 is 1.96 bits per heavy atom. The van der Waals surface area contributed by atoms with Gasteiger partial charge in [0.05, 0.1) is 0 Å². The molecule has 0 saturated carbocycles. The van der Waals surface area contributed by atoms with Crippen LogP contribution in [0.3, 0.4) is 0 Å². The maximum Gasteiger partial charge on any atom is 0.328 e. The van der Waals surface area contributed by atoms with Crippen molar-refractivity contribution in [2.45, 2.75) is 25.8 Å². The Morgan fingerprint density at radius 1 is 1.28 bits per heavy atom. The molecule has 0 saturated heterocycles. The van der Waals surface area contributed by atoms with Gasteiger partial charge in [-0.15, -0.1) is 0 Å². The summed E-state index contributed by atoms with van der Waals surface area (Å²) in [6, 6.07) is 6.04. The molecule has 0 radical (unpaired) electrons. The van der Waals surface area contributed by atoms with Gasteiger partial charge >= 0.3 is 11.9 Å². The molecule has 0 spiro atoms. The third-order valence-corrected chi connectivity index (χ3v) is 3.00. The number of allylic oxidation sites excluding steroid dienone is 1. The molecule has 1 aromatic rings. The van der Waals surface area contributed by atoms with Gasteiger partial charge in [0.1, 0.15) is 11.8 Å². The van der Waals surface area contributed by atoms with Gasteiger partial charge in [-0.25, -0.2) is 4.79 Å². The zero-order chi connectivity index (χ0) is 18.7. The molecule has 0 aliphatic heterocycles. The number of benzene rings is 1. The molecule has 1 atom stereocenters. The van der Waals surface area contributed by atoms with Crippen molar-refractivity contribution < 1.29 is 19.4 Å². The number of hydrogen-bond acceptors (Lipinski definition) is 5. The molecule has 0 aliphatic carbocycles. The zero-order valence-electron chi connectivity index (χ0n) is 14.0. The first-order valence-corrected chi connectivity index (χ1v) is 7.65. The summed E-state index contributed by atoms with van der Waals surface area (Å²) in [5.74, 6) is -0.932. The highest BCUT2D eigenvalue weighted by Crippen LogP contribution is 2.13. The summed E-state index contributed by atoms with van der Waals surface area (Å²) in [6.07, 6.45) is 5.71. The maximum atomic E-state index is 11.2. The number of carbonyl (C=O) groups is 2. The number of carboxylic acids is 1. The average molecular weight is 346 g/mol. The van der Waals surface area contributed by atoms with Crippen LogP contribution in [0.1, 0.15) is 25.3 Å². The highest BCUT2D eigenvalue weighted by molar-refractivity contribution is 5.82. The summed E-state index contributed by atoms with van der Waals surface area (Å²) in [5, 5.41) is 9.14. The number of aliphatic carboxylic acids is 1. The van der Waals surface area contributed by atoms with Crippen LogP contribution in [0.5, 0.6) is 5.75 Å². The van der Waals surface area contributed by atoms with Crippen LogP contribution < -0.4 is 16.2 Å². The number of esters is 1. The van der Waals surface area contributed by atoms with E-state index in [0.717, 1.165) is 5.56 Å². The van der Waals surface area contributed by atoms with E-state index in [1.807, 2.05) is 0 Å². The molecular weight excluding hydrogens is 324 g/mol. The van der Waals surface area contributed by atoms with E-state index in [2.05, 4.69) is 9.98 Å². The second kappa shape index (κ2) is 10.6. The molecule has 1 rings (SSSR count). The highest BCUT2D eigenvalue weighted by atomic mass is 16.5. The number of guanidine groups is 1. The second-order valence-corrected chi connectivity index (χ2v) is 5.12. The number of carbonyl (C=O) groups excluding carboxylic acids is 1. The number of rotatable bonds is 9. The number of ether oxygens (including phenoxy) is 1. The lowest BCUT2D eigenvalue weighted by molar-refractivity contribution is -0.138. The molecule has 0 heterocycles. The van der Waals surface area contributed by atoms with Gasteiger partial charge in [-0.1, -0.05) is 18.2 Å². The highest BCUT2D eigenvalue weighted by Gasteiger charge is 2.13. The van der Waals surface area contributed by atoms with Crippen molar-refractivity contribution in [2.75, 3.05) is 6.54 Å². The second-order valence-electron chi connectivity index (χ2n) is 5.12. The van der Waals surface area contributed by atoms with Gasteiger partial charge in [0.25, 0.3) is 0 Å². The van der Waals surface area contributed by atoms with E-state index in [1.165, 1.54) is 13.1 Å². The summed E-state index contributed by atoms with van der Waals surface area (Å²) in [6.45, 7) is 1.70. The normalized spacial score (nSPS) is 12.2. The first-order chi connectivity index (χ1) is 11.9. The van der Waals surface area contributed by atoms with Crippen LogP contribution in [-0.4, -0.2) is 41.8 Å². The molecule has 134 valence electrons. The van der Waals surface area contributed by atoms with Gasteiger partial charge in [-0.2, -0.15) is 0 Å². The number of hydrogen-bond donors (Lipinski definition) is 3. The predicted molar refractivity (Wildman–Crippen MR) is 96.6 cm³/mol. The molecule has 1 aromatic carbocycles. The summed E-state index contributed by atoms with van der Waals surface area (Å²) in [7, 11) is 0. The van der Waals surface area contributed by atoms with Crippen molar-refractivity contribution in [3.63, 3.8) is 0 Å². The van der Waals surface area contributed by atoms with Gasteiger partial charge < -0.3 is 21.3 Å². The number of nitrogens with two attached hydrogens (primary N) is 2. The van der Waals surface area contributed by atoms with E-state index in [0.29, 0.717) is 25.1 Å². The molecule has 0 amide bonds. The Hall–Kier alpha value is -3.16. The van der Waals surface area contributed by atoms with Crippen molar-refractivity contribution in [1.82, 2.24) is 0 Å². The Balaban J connectivity index is 2.54. The van der Waals surface area contributed by atoms with Crippen LogP contribution in [0.25, 0.3) is 6.08 Å². The minimum absolute atomic E-state index is 0.0157. The molecule has 8 nitrogen and oxygen atoms in total. The number of aliphatic imine (C=N–C) groups is 2. The van der Waals surface area contributed by atoms with E-state index in [1.54, 1.807) is 36.4 Å². The Labute approximate surface area is 145 Å². The lowest BCUT2D eigenvalue weighted by atomic mass is 10.1. The molecule has 0 aliphatic rings. The molecule has 0 bridgehead atoms. The van der Waals surface area contributed by atoms with Crippen molar-refractivity contribution in [2.24, 2.45) is 21.5 Å². The van der Waals surface area contributed by atoms with Crippen LogP contribution in [0.4, 0.5) is 0 Å². The van der Waals surface area contributed by atoms with Crippen LogP contribution in [-0.2, 0) is 9.59 Å². The summed E-state index contributed by atoms with van der Waals surface area (Å²) >= 11 is 0. The van der Waals surface area contributed by atoms with E-state index in [9.17, 15) is 9.59 Å². The van der Waals surface area contributed by atoms with Gasteiger partial charge in [-0.05, 0) is 36.6 Å². The van der Waals surface area contributed by atoms with Crippen molar-refractivity contribution in [1.29, 1.82) is 0 Å². The molecule has 0 fully saturated rings. The summed E-state index contributed by atoms with van der Waals surface area (Å²) in [4.78, 5) is 29.8. The van der Waals surface area contributed by atoms with Crippen LogP contribution in [0, 0.1) is 0 Å². The monoisotopic (exact) mass is 346 g/mol. The number of carboxylic acid groups (broad SMARTS) is 1. The van der Waals surface area contributed by atoms with Gasteiger partial charge in [0.15, 0.2) is 5.96 Å². The molecule has 0 unspecified atom stereocenters. The lowest BCUT2D eigenvalue weighted by Crippen LogP contribution is -2.23. The Morgan fingerprint density at radius 3 is 2.52 bits per heavy atom. The summed E-state index contributed by atoms with van der Waals surface area (Å²) in [5.41, 5.74) is 11.3. The van der Waals surface area contributed by atoms with Crippen LogP contribution in [0.2, 0.25) is 0 Å². The molecular formula is C17H22N4O4. The Kier molecular flexibility index (Phi) is 8.42. The quantitative estimate of drug-likeness (QED) is 0.202. The maximum absolute atomic E-state index is 11.2. The third kappa shape index (κ3) is 8.89. The van der Waals surface area contributed by atoms with Crippen LogP contribution >= 0.6 is 0 Å². The van der Waals surface area contributed by atoms with Crippen molar-refractivity contribution in [3.8, 4) is 5.75 Å². The smallest absolute Gasteiger partial charge is 0.328 e. The largest absolute Gasteiger partial charge is 0.480 e. The lowest BCUT2D eigenvalue weighted by Gasteiger charge is -2.05. The van der Waals surface area contributed by atoms with Gasteiger partial charge in [0, 0.05) is 19.7 Å². The van der Waals surface area contributed by atoms with Crippen molar-refractivity contribution in [3.05, 3.63) is 35.9 Å². The minimum Gasteiger partial charge on any atom is -0.480 e. The van der Waals surface area contributed by atoms with E-state index in [4.69, 9.17) is 21.3 Å². The third-order valence-electron chi connectivity index (χ3n) is 3.00.